The molecular weight excluding hydrogens is 317 g/mol. The Kier molecular flexibility index (Phi) is 3.96. The predicted octanol–water partition coefficient (Wildman–Crippen LogP) is 2.25. The maximum atomic E-state index is 14.8. The fourth-order valence-electron chi connectivity index (χ4n) is 2.25. The van der Waals surface area contributed by atoms with Gasteiger partial charge in [0.2, 0.25) is 0 Å². The molecule has 0 fully saturated rings. The Morgan fingerprint density at radius 1 is 1.39 bits per heavy atom. The third-order valence-electron chi connectivity index (χ3n) is 3.38. The standard InChI is InChI=1S/C15H11BClFN4O/c1-19-15(23)8-5-11-14(21-6-20-11)12(18)13(8)22-10-3-2-7(16)4-9(10)17/h2-6,22H,1H3,(H,19,23)(H,20,21). The van der Waals surface area contributed by atoms with Gasteiger partial charge in [0.15, 0.2) is 5.82 Å². The van der Waals surface area contributed by atoms with Gasteiger partial charge in [-0.25, -0.2) is 9.37 Å². The number of hydrogen-bond donors (Lipinski definition) is 3. The molecule has 0 aliphatic carbocycles. The maximum absolute atomic E-state index is 14.8. The highest BCUT2D eigenvalue weighted by atomic mass is 35.5. The predicted molar refractivity (Wildman–Crippen MR) is 89.6 cm³/mol. The average Bonchev–Trinajstić information content (AvgIpc) is 3.00. The molecule has 3 rings (SSSR count). The SMILES string of the molecule is [B]c1ccc(Nc2c(C(=O)NC)cc3[nH]cnc3c2F)c(Cl)c1. The summed E-state index contributed by atoms with van der Waals surface area (Å²) in [6.07, 6.45) is 1.36. The van der Waals surface area contributed by atoms with Crippen LogP contribution in [-0.4, -0.2) is 30.8 Å². The lowest BCUT2D eigenvalue weighted by Crippen LogP contribution is -2.20. The molecule has 0 atom stereocenters. The summed E-state index contributed by atoms with van der Waals surface area (Å²) in [7, 11) is 7.12. The van der Waals surface area contributed by atoms with Gasteiger partial charge in [0.25, 0.3) is 5.91 Å². The van der Waals surface area contributed by atoms with Crippen molar-refractivity contribution in [3.05, 3.63) is 47.0 Å². The van der Waals surface area contributed by atoms with Crippen LogP contribution in [-0.2, 0) is 0 Å². The molecule has 23 heavy (non-hydrogen) atoms. The number of anilines is 2. The molecule has 1 amide bonds. The van der Waals surface area contributed by atoms with Gasteiger partial charge < -0.3 is 15.6 Å². The van der Waals surface area contributed by atoms with Crippen LogP contribution < -0.4 is 16.1 Å². The fourth-order valence-corrected chi connectivity index (χ4v) is 2.48. The first-order chi connectivity index (χ1) is 11.0. The van der Waals surface area contributed by atoms with Crippen LogP contribution in [0, 0.1) is 5.82 Å². The van der Waals surface area contributed by atoms with E-state index in [1.165, 1.54) is 25.5 Å². The van der Waals surface area contributed by atoms with Gasteiger partial charge in [-0.15, -0.1) is 0 Å². The minimum Gasteiger partial charge on any atom is -0.355 e. The third-order valence-corrected chi connectivity index (χ3v) is 3.69. The number of benzene rings is 2. The van der Waals surface area contributed by atoms with Gasteiger partial charge in [-0.1, -0.05) is 23.1 Å². The summed E-state index contributed by atoms with van der Waals surface area (Å²) in [5, 5.41) is 5.65. The van der Waals surface area contributed by atoms with Crippen molar-refractivity contribution >= 4 is 53.2 Å². The van der Waals surface area contributed by atoms with Crippen molar-refractivity contribution in [3.63, 3.8) is 0 Å². The molecular formula is C15H11BClFN4O. The van der Waals surface area contributed by atoms with Gasteiger partial charge in [-0.3, -0.25) is 4.79 Å². The Hall–Kier alpha value is -2.54. The lowest BCUT2D eigenvalue weighted by molar-refractivity contribution is 0.0963. The number of H-pyrrole nitrogens is 1. The summed E-state index contributed by atoms with van der Waals surface area (Å²) in [5.74, 6) is -1.08. The maximum Gasteiger partial charge on any atom is 0.253 e. The fraction of sp³-hybridized carbons (Fsp3) is 0.0667. The number of imidazole rings is 1. The first-order valence-electron chi connectivity index (χ1n) is 6.71. The van der Waals surface area contributed by atoms with E-state index in [1.807, 2.05) is 0 Å². The van der Waals surface area contributed by atoms with E-state index in [1.54, 1.807) is 12.1 Å². The van der Waals surface area contributed by atoms with E-state index in [0.717, 1.165) is 0 Å². The first kappa shape index (κ1) is 15.4. The Bertz CT molecular complexity index is 912. The highest BCUT2D eigenvalue weighted by Gasteiger charge is 2.20. The van der Waals surface area contributed by atoms with E-state index >= 15 is 0 Å². The monoisotopic (exact) mass is 328 g/mol. The molecule has 0 unspecified atom stereocenters. The van der Waals surface area contributed by atoms with E-state index in [2.05, 4.69) is 20.6 Å². The summed E-state index contributed by atoms with van der Waals surface area (Å²) in [5.41, 5.74) is 1.60. The summed E-state index contributed by atoms with van der Waals surface area (Å²) >= 11 is 6.11. The zero-order valence-electron chi connectivity index (χ0n) is 12.1. The first-order valence-corrected chi connectivity index (χ1v) is 7.08. The second-order valence-electron chi connectivity index (χ2n) is 4.86. The smallest absolute Gasteiger partial charge is 0.253 e. The molecule has 2 aromatic carbocycles. The van der Waals surface area contributed by atoms with Crippen molar-refractivity contribution in [2.75, 3.05) is 12.4 Å². The van der Waals surface area contributed by atoms with Crippen LogP contribution in [0.15, 0.2) is 30.6 Å². The molecule has 3 N–H and O–H groups in total. The molecule has 1 aromatic heterocycles. The summed E-state index contributed by atoms with van der Waals surface area (Å²) in [6, 6.07) is 6.30. The Balaban J connectivity index is 2.17. The van der Waals surface area contributed by atoms with Crippen LogP contribution in [0.4, 0.5) is 15.8 Å². The number of nitrogens with zero attached hydrogens (tertiary/aromatic N) is 1. The van der Waals surface area contributed by atoms with Crippen LogP contribution in [0.5, 0.6) is 0 Å². The average molecular weight is 329 g/mol. The number of carbonyl (C=O) groups is 1. The van der Waals surface area contributed by atoms with Crippen molar-refractivity contribution in [3.8, 4) is 0 Å². The van der Waals surface area contributed by atoms with Crippen molar-refractivity contribution in [1.82, 2.24) is 15.3 Å². The Morgan fingerprint density at radius 3 is 2.87 bits per heavy atom. The lowest BCUT2D eigenvalue weighted by Gasteiger charge is -2.14. The summed E-state index contributed by atoms with van der Waals surface area (Å²) < 4.78 is 14.8. The Labute approximate surface area is 137 Å². The second kappa shape index (κ2) is 5.93. The summed E-state index contributed by atoms with van der Waals surface area (Å²) in [4.78, 5) is 18.8. The van der Waals surface area contributed by atoms with Crippen LogP contribution in [0.1, 0.15) is 10.4 Å². The minimum absolute atomic E-state index is 0.00405. The number of nitrogens with one attached hydrogen (secondary N) is 3. The van der Waals surface area contributed by atoms with Gasteiger partial charge in [-0.05, 0) is 18.2 Å². The molecule has 0 aliphatic rings. The number of halogens is 2. The number of fused-ring (bicyclic) bond motifs is 1. The Morgan fingerprint density at radius 2 is 2.17 bits per heavy atom. The van der Waals surface area contributed by atoms with Crippen molar-refractivity contribution < 1.29 is 9.18 Å². The summed E-state index contributed by atoms with van der Waals surface area (Å²) in [6.45, 7) is 0. The highest BCUT2D eigenvalue weighted by molar-refractivity contribution is 6.37. The van der Waals surface area contributed by atoms with E-state index in [9.17, 15) is 9.18 Å². The molecule has 1 heterocycles. The number of carbonyl (C=O) groups excluding carboxylic acids is 1. The van der Waals surface area contributed by atoms with Gasteiger partial charge in [0, 0.05) is 7.05 Å². The van der Waals surface area contributed by atoms with Crippen LogP contribution in [0.2, 0.25) is 5.02 Å². The van der Waals surface area contributed by atoms with E-state index < -0.39 is 11.7 Å². The zero-order chi connectivity index (χ0) is 16.6. The second-order valence-corrected chi connectivity index (χ2v) is 5.26. The van der Waals surface area contributed by atoms with Crippen LogP contribution in [0.25, 0.3) is 11.0 Å². The molecule has 3 aromatic rings. The molecule has 8 heteroatoms. The molecule has 0 saturated carbocycles. The third kappa shape index (κ3) is 2.75. The minimum atomic E-state index is -0.643. The van der Waals surface area contributed by atoms with Crippen molar-refractivity contribution in [1.29, 1.82) is 0 Å². The van der Waals surface area contributed by atoms with Gasteiger partial charge in [0.05, 0.1) is 33.8 Å². The van der Waals surface area contributed by atoms with Gasteiger partial charge in [0.1, 0.15) is 13.4 Å². The van der Waals surface area contributed by atoms with Crippen LogP contribution in [0.3, 0.4) is 0 Å². The zero-order valence-corrected chi connectivity index (χ0v) is 12.8. The molecule has 0 saturated heterocycles. The molecule has 0 spiro atoms. The largest absolute Gasteiger partial charge is 0.355 e. The van der Waals surface area contributed by atoms with Gasteiger partial charge >= 0.3 is 0 Å². The molecule has 0 bridgehead atoms. The number of aromatic amines is 1. The quantitative estimate of drug-likeness (QED) is 0.646. The molecule has 0 aliphatic heterocycles. The highest BCUT2D eigenvalue weighted by Crippen LogP contribution is 2.32. The number of amides is 1. The lowest BCUT2D eigenvalue weighted by atomic mass is 9.96. The van der Waals surface area contributed by atoms with E-state index in [0.29, 0.717) is 21.7 Å². The van der Waals surface area contributed by atoms with Gasteiger partial charge in [-0.2, -0.15) is 0 Å². The van der Waals surface area contributed by atoms with E-state index in [-0.39, 0.29) is 16.8 Å². The molecule has 5 nitrogen and oxygen atoms in total. The molecule has 114 valence electrons. The van der Waals surface area contributed by atoms with Crippen molar-refractivity contribution in [2.45, 2.75) is 0 Å². The number of rotatable bonds is 3. The molecule has 2 radical (unpaired) electrons. The number of hydrogen-bond acceptors (Lipinski definition) is 3. The van der Waals surface area contributed by atoms with Crippen molar-refractivity contribution in [2.24, 2.45) is 0 Å². The number of aromatic nitrogens is 2. The normalized spacial score (nSPS) is 10.7. The van der Waals surface area contributed by atoms with E-state index in [4.69, 9.17) is 19.4 Å². The van der Waals surface area contributed by atoms with Crippen LogP contribution >= 0.6 is 11.6 Å². The topological polar surface area (TPSA) is 69.8 Å².